The third-order valence-corrected chi connectivity index (χ3v) is 5.28. The molecule has 1 aromatic carbocycles. The first-order chi connectivity index (χ1) is 10.7. The smallest absolute Gasteiger partial charge is 0.165 e. The molecular weight excluding hydrogens is 297 g/mol. The predicted molar refractivity (Wildman–Crippen MR) is 92.8 cm³/mol. The van der Waals surface area contributed by atoms with E-state index in [1.807, 2.05) is 12.1 Å². The Kier molecular flexibility index (Phi) is 7.53. The van der Waals surface area contributed by atoms with Crippen LogP contribution in [0.2, 0.25) is 0 Å². The molecule has 0 aliphatic heterocycles. The van der Waals surface area contributed by atoms with Gasteiger partial charge in [-0.2, -0.15) is 0 Å². The molecule has 0 bridgehead atoms. The van der Waals surface area contributed by atoms with Crippen molar-refractivity contribution >= 4 is 11.9 Å². The second kappa shape index (κ2) is 9.41. The molecule has 0 radical (unpaired) electrons. The number of rotatable bonds is 10. The van der Waals surface area contributed by atoms with E-state index in [1.54, 1.807) is 11.9 Å². The van der Waals surface area contributed by atoms with E-state index in [0.717, 1.165) is 11.3 Å². The van der Waals surface area contributed by atoms with Crippen molar-refractivity contribution in [2.45, 2.75) is 58.4 Å². The summed E-state index contributed by atoms with van der Waals surface area (Å²) >= 11 is 1.75. The fraction of sp³-hybridized carbons (Fsp3) is 0.667. The summed E-state index contributed by atoms with van der Waals surface area (Å²) in [5.74, 6) is 1.87. The lowest BCUT2D eigenvalue weighted by molar-refractivity contribution is 0.175. The van der Waals surface area contributed by atoms with E-state index >= 15 is 0 Å². The second-order valence-corrected chi connectivity index (χ2v) is 7.13. The monoisotopic (exact) mass is 325 g/mol. The maximum Gasteiger partial charge on any atom is 0.165 e. The Morgan fingerprint density at radius 1 is 1.36 bits per heavy atom. The largest absolute Gasteiger partial charge is 0.490 e. The van der Waals surface area contributed by atoms with Gasteiger partial charge in [-0.15, -0.1) is 0 Å². The number of hydrogen-bond acceptors (Lipinski definition) is 3. The number of unbranched alkanes of at least 4 members (excludes halogenated alkanes) is 2. The minimum Gasteiger partial charge on any atom is -0.490 e. The van der Waals surface area contributed by atoms with E-state index < -0.39 is 0 Å². The number of hydrogen-bond donors (Lipinski definition) is 1. The zero-order chi connectivity index (χ0) is 15.8. The summed E-state index contributed by atoms with van der Waals surface area (Å²) in [6.45, 7) is 4.97. The SMILES string of the molecule is CCCCCSNC(C)c1ccc(F)c(OCC2CCC2)c1. The van der Waals surface area contributed by atoms with Gasteiger partial charge in [0.15, 0.2) is 11.6 Å². The van der Waals surface area contributed by atoms with Crippen molar-refractivity contribution in [1.29, 1.82) is 0 Å². The van der Waals surface area contributed by atoms with Gasteiger partial charge in [-0.3, -0.25) is 4.72 Å². The summed E-state index contributed by atoms with van der Waals surface area (Å²) in [4.78, 5) is 0. The van der Waals surface area contributed by atoms with Gasteiger partial charge in [0.2, 0.25) is 0 Å². The molecule has 1 unspecified atom stereocenters. The number of benzene rings is 1. The zero-order valence-electron chi connectivity index (χ0n) is 13.7. The molecule has 1 aliphatic carbocycles. The molecule has 0 amide bonds. The van der Waals surface area contributed by atoms with Crippen LogP contribution in [-0.2, 0) is 0 Å². The lowest BCUT2D eigenvalue weighted by atomic mass is 9.86. The summed E-state index contributed by atoms with van der Waals surface area (Å²) in [6.07, 6.45) is 7.47. The Bertz CT molecular complexity index is 451. The molecule has 124 valence electrons. The highest BCUT2D eigenvalue weighted by molar-refractivity contribution is 7.97. The summed E-state index contributed by atoms with van der Waals surface area (Å²) in [5, 5.41) is 0. The van der Waals surface area contributed by atoms with Crippen molar-refractivity contribution in [3.05, 3.63) is 29.6 Å². The van der Waals surface area contributed by atoms with Crippen LogP contribution in [0.15, 0.2) is 18.2 Å². The van der Waals surface area contributed by atoms with Gasteiger partial charge in [0.05, 0.1) is 6.61 Å². The highest BCUT2D eigenvalue weighted by Crippen LogP contribution is 2.29. The van der Waals surface area contributed by atoms with E-state index in [1.165, 1.54) is 44.6 Å². The van der Waals surface area contributed by atoms with Crippen LogP contribution in [-0.4, -0.2) is 12.4 Å². The normalized spacial score (nSPS) is 16.3. The highest BCUT2D eigenvalue weighted by atomic mass is 32.2. The Labute approximate surface area is 138 Å². The Hall–Kier alpha value is -0.740. The Morgan fingerprint density at radius 3 is 2.86 bits per heavy atom. The number of nitrogens with one attached hydrogen (secondary N) is 1. The summed E-state index contributed by atoms with van der Waals surface area (Å²) < 4.78 is 23.0. The second-order valence-electron chi connectivity index (χ2n) is 6.19. The van der Waals surface area contributed by atoms with Gasteiger partial charge in [0.1, 0.15) is 0 Å². The molecule has 4 heteroatoms. The molecular formula is C18H28FNOS. The molecule has 0 heterocycles. The fourth-order valence-corrected chi connectivity index (χ4v) is 3.30. The molecule has 0 spiro atoms. The molecule has 1 fully saturated rings. The minimum atomic E-state index is -0.258. The maximum atomic E-state index is 13.8. The highest BCUT2D eigenvalue weighted by Gasteiger charge is 2.19. The van der Waals surface area contributed by atoms with Crippen LogP contribution < -0.4 is 9.46 Å². The van der Waals surface area contributed by atoms with Crippen molar-refractivity contribution in [3.8, 4) is 5.75 Å². The third kappa shape index (κ3) is 5.47. The molecule has 0 aromatic heterocycles. The van der Waals surface area contributed by atoms with Crippen molar-refractivity contribution < 1.29 is 9.13 Å². The molecule has 1 atom stereocenters. The molecule has 2 rings (SSSR count). The quantitative estimate of drug-likeness (QED) is 0.454. The molecule has 0 saturated heterocycles. The maximum absolute atomic E-state index is 13.8. The lowest BCUT2D eigenvalue weighted by Crippen LogP contribution is -2.19. The average Bonchev–Trinajstić information content (AvgIpc) is 2.47. The fourth-order valence-electron chi connectivity index (χ4n) is 2.44. The molecule has 1 saturated carbocycles. The standard InChI is InChI=1S/C18H28FNOS/c1-3-4-5-11-22-20-14(2)16-9-10-17(19)18(12-16)21-13-15-7-6-8-15/h9-10,12,14-15,20H,3-8,11,13H2,1-2H3. The summed E-state index contributed by atoms with van der Waals surface area (Å²) in [7, 11) is 0. The third-order valence-electron chi connectivity index (χ3n) is 4.26. The summed E-state index contributed by atoms with van der Waals surface area (Å²) in [5.41, 5.74) is 1.08. The molecule has 2 nitrogen and oxygen atoms in total. The molecule has 1 aromatic rings. The van der Waals surface area contributed by atoms with Crippen LogP contribution in [0.5, 0.6) is 5.75 Å². The van der Waals surface area contributed by atoms with E-state index in [0.29, 0.717) is 18.3 Å². The zero-order valence-corrected chi connectivity index (χ0v) is 14.6. The van der Waals surface area contributed by atoms with E-state index in [2.05, 4.69) is 18.6 Å². The van der Waals surface area contributed by atoms with Crippen molar-refractivity contribution in [2.24, 2.45) is 5.92 Å². The van der Waals surface area contributed by atoms with Gasteiger partial charge < -0.3 is 4.74 Å². The van der Waals surface area contributed by atoms with E-state index in [-0.39, 0.29) is 11.9 Å². The first kappa shape index (κ1) is 17.6. The van der Waals surface area contributed by atoms with Crippen LogP contribution in [0.1, 0.15) is 64.0 Å². The van der Waals surface area contributed by atoms with Gasteiger partial charge in [0.25, 0.3) is 0 Å². The van der Waals surface area contributed by atoms with Gasteiger partial charge in [-0.1, -0.05) is 44.2 Å². The number of ether oxygens (including phenoxy) is 1. The molecule has 1 aliphatic rings. The van der Waals surface area contributed by atoms with Crippen LogP contribution in [0.4, 0.5) is 4.39 Å². The Morgan fingerprint density at radius 2 is 2.18 bits per heavy atom. The van der Waals surface area contributed by atoms with Crippen molar-refractivity contribution in [3.63, 3.8) is 0 Å². The van der Waals surface area contributed by atoms with E-state index in [4.69, 9.17) is 4.74 Å². The van der Waals surface area contributed by atoms with Gasteiger partial charge >= 0.3 is 0 Å². The van der Waals surface area contributed by atoms with Crippen LogP contribution in [0.25, 0.3) is 0 Å². The first-order valence-corrected chi connectivity index (χ1v) is 9.48. The van der Waals surface area contributed by atoms with Crippen LogP contribution in [0.3, 0.4) is 0 Å². The van der Waals surface area contributed by atoms with Gasteiger partial charge in [0, 0.05) is 11.8 Å². The van der Waals surface area contributed by atoms with Crippen molar-refractivity contribution in [2.75, 3.05) is 12.4 Å². The molecule has 22 heavy (non-hydrogen) atoms. The van der Waals surface area contributed by atoms with Gasteiger partial charge in [-0.05, 0) is 49.8 Å². The van der Waals surface area contributed by atoms with Crippen molar-refractivity contribution in [1.82, 2.24) is 4.72 Å². The summed E-state index contributed by atoms with van der Waals surface area (Å²) in [6, 6.07) is 5.40. The van der Waals surface area contributed by atoms with Crippen LogP contribution >= 0.6 is 11.9 Å². The lowest BCUT2D eigenvalue weighted by Gasteiger charge is -2.25. The topological polar surface area (TPSA) is 21.3 Å². The molecule has 1 N–H and O–H groups in total. The number of halogens is 1. The minimum absolute atomic E-state index is 0.193. The van der Waals surface area contributed by atoms with Crippen LogP contribution in [0, 0.1) is 11.7 Å². The van der Waals surface area contributed by atoms with Gasteiger partial charge in [-0.25, -0.2) is 4.39 Å². The predicted octanol–water partition coefficient (Wildman–Crippen LogP) is 5.49. The Balaban J connectivity index is 1.81. The van der Waals surface area contributed by atoms with E-state index in [9.17, 15) is 4.39 Å². The first-order valence-electron chi connectivity index (χ1n) is 8.50. The average molecular weight is 325 g/mol.